The molecule has 0 bridgehead atoms. The largest absolute Gasteiger partial charge is 0.497 e. The van der Waals surface area contributed by atoms with Gasteiger partial charge in [-0.05, 0) is 73.1 Å². The number of amides is 3. The van der Waals surface area contributed by atoms with Crippen LogP contribution >= 0.6 is 11.5 Å². The second-order valence-corrected chi connectivity index (χ2v) is 9.97. The van der Waals surface area contributed by atoms with Crippen LogP contribution in [0.2, 0.25) is 0 Å². The molecule has 0 aliphatic heterocycles. The van der Waals surface area contributed by atoms with E-state index in [0.717, 1.165) is 48.3 Å². The van der Waals surface area contributed by atoms with Gasteiger partial charge in [-0.3, -0.25) is 19.3 Å². The Balaban J connectivity index is 1.89. The maximum absolute atomic E-state index is 14.2. The van der Waals surface area contributed by atoms with Gasteiger partial charge < -0.3 is 21.5 Å². The molecule has 4 rings (SSSR count). The molecule has 1 fully saturated rings. The summed E-state index contributed by atoms with van der Waals surface area (Å²) < 4.78 is 9.32. The van der Waals surface area contributed by atoms with E-state index in [1.54, 1.807) is 37.4 Å². The number of benzene rings is 2. The molecule has 1 aliphatic rings. The summed E-state index contributed by atoms with van der Waals surface area (Å²) in [5.41, 5.74) is 14.2. The van der Waals surface area contributed by atoms with Crippen molar-refractivity contribution in [3.63, 3.8) is 0 Å². The average Bonchev–Trinajstić information content (AvgIpc) is 3.53. The smallest absolute Gasteiger partial charge is 0.273 e. The number of primary amides is 1. The molecule has 9 nitrogen and oxygen atoms in total. The van der Waals surface area contributed by atoms with Crippen molar-refractivity contribution in [1.29, 1.82) is 0 Å². The summed E-state index contributed by atoms with van der Waals surface area (Å²) in [4.78, 5) is 41.4. The summed E-state index contributed by atoms with van der Waals surface area (Å²) in [5.74, 6) is -1.04. The van der Waals surface area contributed by atoms with Gasteiger partial charge in [0.1, 0.15) is 16.7 Å². The van der Waals surface area contributed by atoms with Crippen LogP contribution in [-0.2, 0) is 4.79 Å². The Morgan fingerprint density at radius 2 is 1.78 bits per heavy atom. The summed E-state index contributed by atoms with van der Waals surface area (Å²) in [5, 5.41) is 3.15. The van der Waals surface area contributed by atoms with Gasteiger partial charge in [0.15, 0.2) is 5.69 Å². The summed E-state index contributed by atoms with van der Waals surface area (Å²) in [7, 11) is 1.56. The predicted molar refractivity (Wildman–Crippen MR) is 144 cm³/mol. The lowest BCUT2D eigenvalue weighted by Crippen LogP contribution is -2.46. The SMILES string of the molecule is COc1ccc([C@H](C(=O)NC2CCCC2)N(C(=O)c2snc(C(N)=O)c2N)c2cccc(C)c2C)cc1. The highest BCUT2D eigenvalue weighted by molar-refractivity contribution is 7.09. The van der Waals surface area contributed by atoms with Crippen LogP contribution in [0.25, 0.3) is 0 Å². The standard InChI is InChI=1S/C27H31N5O4S/c1-15-7-6-10-20(16(15)2)32(27(35)24-21(28)22(25(29)33)31-37-24)23(17-11-13-19(36-3)14-12-17)26(34)30-18-8-4-5-9-18/h6-7,10-14,18,23H,4-5,8-9,28H2,1-3H3,(H2,29,33)(H,30,34)/t23-/m1/s1. The fraction of sp³-hybridized carbons (Fsp3) is 0.333. The molecule has 0 saturated heterocycles. The highest BCUT2D eigenvalue weighted by Crippen LogP contribution is 2.36. The predicted octanol–water partition coefficient (Wildman–Crippen LogP) is 3.90. The molecule has 0 radical (unpaired) electrons. The quantitative estimate of drug-likeness (QED) is 0.411. The van der Waals surface area contributed by atoms with Gasteiger partial charge in [0, 0.05) is 11.7 Å². The fourth-order valence-corrected chi connectivity index (χ4v) is 5.40. The molecule has 0 unspecified atom stereocenters. The zero-order valence-corrected chi connectivity index (χ0v) is 21.9. The van der Waals surface area contributed by atoms with Gasteiger partial charge in [-0.15, -0.1) is 0 Å². The molecule has 1 aromatic heterocycles. The van der Waals surface area contributed by atoms with E-state index in [1.807, 2.05) is 26.0 Å². The van der Waals surface area contributed by atoms with Crippen LogP contribution in [0.1, 0.15) is 68.6 Å². The van der Waals surface area contributed by atoms with E-state index in [2.05, 4.69) is 9.69 Å². The van der Waals surface area contributed by atoms with E-state index in [9.17, 15) is 14.4 Å². The van der Waals surface area contributed by atoms with Crippen LogP contribution in [0.3, 0.4) is 0 Å². The Hall–Kier alpha value is -3.92. The number of nitrogens with two attached hydrogens (primary N) is 2. The number of aromatic nitrogens is 1. The van der Waals surface area contributed by atoms with Crippen molar-refractivity contribution in [1.82, 2.24) is 9.69 Å². The third kappa shape index (κ3) is 5.29. The van der Waals surface area contributed by atoms with Gasteiger partial charge in [0.05, 0.1) is 12.8 Å². The molecule has 2 aromatic carbocycles. The van der Waals surface area contributed by atoms with Gasteiger partial charge in [0.25, 0.3) is 11.8 Å². The van der Waals surface area contributed by atoms with Crippen molar-refractivity contribution in [3.05, 3.63) is 69.7 Å². The van der Waals surface area contributed by atoms with Crippen LogP contribution in [0.5, 0.6) is 5.75 Å². The number of hydrogen-bond donors (Lipinski definition) is 3. The van der Waals surface area contributed by atoms with Crippen LogP contribution < -0.4 is 26.4 Å². The maximum Gasteiger partial charge on any atom is 0.273 e. The zero-order chi connectivity index (χ0) is 26.7. The van der Waals surface area contributed by atoms with Crippen molar-refractivity contribution >= 4 is 40.6 Å². The Bertz CT molecular complexity index is 1310. The highest BCUT2D eigenvalue weighted by Gasteiger charge is 2.37. The number of aryl methyl sites for hydroxylation is 1. The van der Waals surface area contributed by atoms with Crippen molar-refractivity contribution in [3.8, 4) is 5.75 Å². The monoisotopic (exact) mass is 521 g/mol. The first kappa shape index (κ1) is 26.2. The third-order valence-corrected chi connectivity index (χ3v) is 7.70. The normalized spacial score (nSPS) is 14.2. The minimum atomic E-state index is -1.02. The van der Waals surface area contributed by atoms with Crippen molar-refractivity contribution in [2.24, 2.45) is 5.73 Å². The average molecular weight is 522 g/mol. The van der Waals surface area contributed by atoms with Crippen LogP contribution in [0, 0.1) is 13.8 Å². The molecular weight excluding hydrogens is 490 g/mol. The van der Waals surface area contributed by atoms with Gasteiger partial charge >= 0.3 is 0 Å². The molecule has 1 heterocycles. The first-order valence-corrected chi connectivity index (χ1v) is 12.9. The maximum atomic E-state index is 14.2. The molecule has 1 aliphatic carbocycles. The van der Waals surface area contributed by atoms with E-state index in [0.29, 0.717) is 17.0 Å². The lowest BCUT2D eigenvalue weighted by atomic mass is 9.99. The van der Waals surface area contributed by atoms with E-state index in [-0.39, 0.29) is 28.2 Å². The minimum Gasteiger partial charge on any atom is -0.497 e. The molecule has 0 spiro atoms. The molecule has 1 atom stereocenters. The van der Waals surface area contributed by atoms with E-state index in [4.69, 9.17) is 16.2 Å². The van der Waals surface area contributed by atoms with Gasteiger partial charge in [-0.25, -0.2) is 0 Å². The number of nitrogens with one attached hydrogen (secondary N) is 1. The second-order valence-electron chi connectivity index (χ2n) is 9.20. The number of anilines is 2. The molecule has 1 saturated carbocycles. The fourth-order valence-electron chi connectivity index (χ4n) is 4.66. The number of hydrogen-bond acceptors (Lipinski definition) is 7. The summed E-state index contributed by atoms with van der Waals surface area (Å²) in [6.07, 6.45) is 3.88. The summed E-state index contributed by atoms with van der Waals surface area (Å²) >= 11 is 0.790. The Labute approximate surface area is 220 Å². The Kier molecular flexibility index (Phi) is 7.77. The number of rotatable bonds is 8. The van der Waals surface area contributed by atoms with Gasteiger partial charge in [-0.2, -0.15) is 4.37 Å². The van der Waals surface area contributed by atoms with Crippen LogP contribution in [-0.4, -0.2) is 35.2 Å². The molecular formula is C27H31N5O4S. The second kappa shape index (κ2) is 11.0. The topological polar surface area (TPSA) is 141 Å². The molecule has 10 heteroatoms. The number of ether oxygens (including phenoxy) is 1. The number of methoxy groups -OCH3 is 1. The van der Waals surface area contributed by atoms with E-state index in [1.165, 1.54) is 4.90 Å². The van der Waals surface area contributed by atoms with Crippen molar-refractivity contribution < 1.29 is 19.1 Å². The van der Waals surface area contributed by atoms with E-state index < -0.39 is 17.9 Å². The van der Waals surface area contributed by atoms with Gasteiger partial charge in [0.2, 0.25) is 5.91 Å². The summed E-state index contributed by atoms with van der Waals surface area (Å²) in [6, 6.07) is 11.6. The minimum absolute atomic E-state index is 0.0405. The Morgan fingerprint density at radius 3 is 2.38 bits per heavy atom. The lowest BCUT2D eigenvalue weighted by Gasteiger charge is -2.33. The third-order valence-electron chi connectivity index (χ3n) is 6.85. The summed E-state index contributed by atoms with van der Waals surface area (Å²) in [6.45, 7) is 3.84. The first-order valence-electron chi connectivity index (χ1n) is 12.1. The Morgan fingerprint density at radius 1 is 1.11 bits per heavy atom. The number of carbonyl (C=O) groups excluding carboxylic acids is 3. The van der Waals surface area contributed by atoms with Crippen LogP contribution in [0.4, 0.5) is 11.4 Å². The van der Waals surface area contributed by atoms with Gasteiger partial charge in [-0.1, -0.05) is 37.1 Å². The molecule has 5 N–H and O–H groups in total. The van der Waals surface area contributed by atoms with E-state index >= 15 is 0 Å². The molecule has 37 heavy (non-hydrogen) atoms. The molecule has 194 valence electrons. The van der Waals surface area contributed by atoms with Crippen molar-refractivity contribution in [2.45, 2.75) is 51.6 Å². The lowest BCUT2D eigenvalue weighted by molar-refractivity contribution is -0.123. The van der Waals surface area contributed by atoms with Crippen LogP contribution in [0.15, 0.2) is 42.5 Å². The molecule has 3 aromatic rings. The van der Waals surface area contributed by atoms with Crippen molar-refractivity contribution in [2.75, 3.05) is 17.7 Å². The number of nitrogens with zero attached hydrogens (tertiary/aromatic N) is 2. The zero-order valence-electron chi connectivity index (χ0n) is 21.1. The molecule has 3 amide bonds. The highest BCUT2D eigenvalue weighted by atomic mass is 32.1. The first-order chi connectivity index (χ1) is 17.7. The number of nitrogen functional groups attached to an aromatic ring is 1. The number of carbonyl (C=O) groups is 3.